The van der Waals surface area contributed by atoms with E-state index >= 15 is 0 Å². The van der Waals surface area contributed by atoms with Gasteiger partial charge in [-0.3, -0.25) is 0 Å². The zero-order valence-electron chi connectivity index (χ0n) is 12.8. The van der Waals surface area contributed by atoms with Gasteiger partial charge >= 0.3 is 6.18 Å². The number of benzene rings is 2. The zero-order chi connectivity index (χ0) is 17.2. The smallest absolute Gasteiger partial charge is 0.383 e. The van der Waals surface area contributed by atoms with E-state index in [0.29, 0.717) is 0 Å². The summed E-state index contributed by atoms with van der Waals surface area (Å²) in [6.07, 6.45) is -3.19. The van der Waals surface area contributed by atoms with Gasteiger partial charge in [-0.25, -0.2) is 4.98 Å². The van der Waals surface area contributed by atoms with Crippen LogP contribution in [0.5, 0.6) is 0 Å². The molecular weight excluding hydrogens is 353 g/mol. The molecule has 130 valence electrons. The summed E-state index contributed by atoms with van der Waals surface area (Å²) in [5, 5.41) is 2.94. The predicted molar refractivity (Wildman–Crippen MR) is 93.9 cm³/mol. The Labute approximate surface area is 148 Å². The number of aromatic nitrogens is 2. The molecule has 0 saturated heterocycles. The van der Waals surface area contributed by atoms with Gasteiger partial charge in [0.25, 0.3) is 0 Å². The van der Waals surface area contributed by atoms with Gasteiger partial charge in [0.2, 0.25) is 5.95 Å². The maximum absolute atomic E-state index is 13.1. The lowest BCUT2D eigenvalue weighted by Crippen LogP contribution is -2.08. The van der Waals surface area contributed by atoms with Gasteiger partial charge in [-0.05, 0) is 23.8 Å². The molecule has 0 radical (unpaired) electrons. The molecule has 25 heavy (non-hydrogen) atoms. The number of para-hydroxylation sites is 1. The Balaban J connectivity index is 0.00000225. The van der Waals surface area contributed by atoms with Crippen molar-refractivity contribution >= 4 is 29.9 Å². The highest BCUT2D eigenvalue weighted by atomic mass is 35.5. The van der Waals surface area contributed by atoms with Gasteiger partial charge < -0.3 is 11.1 Å². The largest absolute Gasteiger partial charge is 0.417 e. The average molecular weight is 367 g/mol. The molecule has 0 saturated carbocycles. The van der Waals surface area contributed by atoms with Gasteiger partial charge in [-0.1, -0.05) is 36.4 Å². The van der Waals surface area contributed by atoms with Crippen LogP contribution in [0.2, 0.25) is 0 Å². The topological polar surface area (TPSA) is 63.8 Å². The normalized spacial score (nSPS) is 10.8. The molecule has 1 aromatic heterocycles. The van der Waals surface area contributed by atoms with Crippen molar-refractivity contribution in [3.05, 3.63) is 66.4 Å². The van der Waals surface area contributed by atoms with E-state index in [0.717, 1.165) is 11.8 Å². The lowest BCUT2D eigenvalue weighted by molar-refractivity contribution is -0.137. The Bertz CT molecular complexity index is 854. The lowest BCUT2D eigenvalue weighted by Gasteiger charge is -2.14. The Hall–Kier alpha value is -2.80. The lowest BCUT2D eigenvalue weighted by atomic mass is 10.0. The molecule has 3 aromatic rings. The first-order valence-corrected chi connectivity index (χ1v) is 7.06. The number of hydrogen-bond acceptors (Lipinski definition) is 4. The monoisotopic (exact) mass is 366 g/mol. The fourth-order valence-electron chi connectivity index (χ4n) is 2.28. The van der Waals surface area contributed by atoms with Crippen LogP contribution in [0, 0.1) is 0 Å². The molecular formula is C17H14ClF3N4. The minimum absolute atomic E-state index is 0. The van der Waals surface area contributed by atoms with Crippen LogP contribution in [-0.2, 0) is 6.18 Å². The van der Waals surface area contributed by atoms with Crippen molar-refractivity contribution in [3.63, 3.8) is 0 Å². The van der Waals surface area contributed by atoms with E-state index in [9.17, 15) is 13.2 Å². The van der Waals surface area contributed by atoms with E-state index in [4.69, 9.17) is 5.73 Å². The summed E-state index contributed by atoms with van der Waals surface area (Å²) >= 11 is 0. The highest BCUT2D eigenvalue weighted by Gasteiger charge is 2.33. The fourth-order valence-corrected chi connectivity index (χ4v) is 2.28. The van der Waals surface area contributed by atoms with E-state index in [-0.39, 0.29) is 35.3 Å². The minimum Gasteiger partial charge on any atom is -0.383 e. The number of hydrogen-bond donors (Lipinski definition) is 2. The summed E-state index contributed by atoms with van der Waals surface area (Å²) in [5.41, 5.74) is 5.93. The first kappa shape index (κ1) is 18.5. The van der Waals surface area contributed by atoms with Crippen molar-refractivity contribution in [1.29, 1.82) is 0 Å². The van der Waals surface area contributed by atoms with Gasteiger partial charge in [-0.15, -0.1) is 12.4 Å². The van der Waals surface area contributed by atoms with Gasteiger partial charge in [0, 0.05) is 17.4 Å². The minimum atomic E-state index is -4.48. The number of alkyl halides is 3. The number of rotatable bonds is 3. The molecule has 0 aliphatic carbocycles. The molecule has 3 rings (SSSR count). The first-order chi connectivity index (χ1) is 11.4. The van der Waals surface area contributed by atoms with Crippen LogP contribution in [0.25, 0.3) is 11.1 Å². The summed E-state index contributed by atoms with van der Waals surface area (Å²) in [6, 6.07) is 14.3. The van der Waals surface area contributed by atoms with Crippen LogP contribution < -0.4 is 11.1 Å². The molecule has 0 amide bonds. The van der Waals surface area contributed by atoms with Gasteiger partial charge in [-0.2, -0.15) is 18.2 Å². The molecule has 8 heteroatoms. The summed E-state index contributed by atoms with van der Waals surface area (Å²) in [5.74, 6) is 0.187. The highest BCUT2D eigenvalue weighted by molar-refractivity contribution is 5.85. The van der Waals surface area contributed by atoms with E-state index in [1.165, 1.54) is 24.4 Å². The molecule has 1 heterocycles. The predicted octanol–water partition coefficient (Wildman–Crippen LogP) is 4.91. The summed E-state index contributed by atoms with van der Waals surface area (Å²) < 4.78 is 39.4. The quantitative estimate of drug-likeness (QED) is 0.691. The van der Waals surface area contributed by atoms with Crippen LogP contribution in [-0.4, -0.2) is 9.97 Å². The second-order valence-electron chi connectivity index (χ2n) is 5.03. The number of nitrogen functional groups attached to an aromatic ring is 1. The van der Waals surface area contributed by atoms with Crippen molar-refractivity contribution in [2.24, 2.45) is 0 Å². The van der Waals surface area contributed by atoms with Crippen molar-refractivity contribution in [2.45, 2.75) is 6.18 Å². The summed E-state index contributed by atoms with van der Waals surface area (Å²) in [4.78, 5) is 8.12. The Morgan fingerprint density at radius 2 is 1.52 bits per heavy atom. The second-order valence-corrected chi connectivity index (χ2v) is 5.03. The molecule has 4 nitrogen and oxygen atoms in total. The maximum atomic E-state index is 13.1. The van der Waals surface area contributed by atoms with Crippen molar-refractivity contribution in [2.75, 3.05) is 11.1 Å². The van der Waals surface area contributed by atoms with E-state index < -0.39 is 11.7 Å². The SMILES string of the molecule is Cl.Nc1nc(Nc2ccccc2)ncc1-c1ccccc1C(F)(F)F. The molecule has 3 N–H and O–H groups in total. The van der Waals surface area contributed by atoms with Crippen LogP contribution in [0.4, 0.5) is 30.6 Å². The number of nitrogens with two attached hydrogens (primary N) is 1. The fraction of sp³-hybridized carbons (Fsp3) is 0.0588. The highest BCUT2D eigenvalue weighted by Crippen LogP contribution is 2.38. The number of anilines is 3. The van der Waals surface area contributed by atoms with E-state index in [1.54, 1.807) is 0 Å². The number of nitrogens with zero attached hydrogens (tertiary/aromatic N) is 2. The number of nitrogens with one attached hydrogen (secondary N) is 1. The van der Waals surface area contributed by atoms with Crippen molar-refractivity contribution in [3.8, 4) is 11.1 Å². The third-order valence-corrected chi connectivity index (χ3v) is 3.37. The Morgan fingerprint density at radius 1 is 0.880 bits per heavy atom. The van der Waals surface area contributed by atoms with E-state index in [1.807, 2.05) is 30.3 Å². The van der Waals surface area contributed by atoms with Crippen LogP contribution in [0.15, 0.2) is 60.8 Å². The van der Waals surface area contributed by atoms with Crippen LogP contribution in [0.3, 0.4) is 0 Å². The molecule has 2 aromatic carbocycles. The molecule has 0 fully saturated rings. The van der Waals surface area contributed by atoms with E-state index in [2.05, 4.69) is 15.3 Å². The Kier molecular flexibility index (Phi) is 5.48. The van der Waals surface area contributed by atoms with Gasteiger partial charge in [0.1, 0.15) is 5.82 Å². The van der Waals surface area contributed by atoms with Gasteiger partial charge in [0.05, 0.1) is 5.56 Å². The summed E-state index contributed by atoms with van der Waals surface area (Å²) in [6.45, 7) is 0. The zero-order valence-corrected chi connectivity index (χ0v) is 13.6. The molecule has 0 aliphatic heterocycles. The first-order valence-electron chi connectivity index (χ1n) is 7.06. The molecule has 0 unspecified atom stereocenters. The van der Waals surface area contributed by atoms with Crippen molar-refractivity contribution < 1.29 is 13.2 Å². The molecule has 0 atom stereocenters. The Morgan fingerprint density at radius 3 is 2.16 bits per heavy atom. The number of halogens is 4. The second kappa shape index (κ2) is 7.40. The maximum Gasteiger partial charge on any atom is 0.417 e. The standard InChI is InChI=1S/C17H13F3N4.ClH/c18-17(19,20)14-9-5-4-8-12(14)13-10-22-16(24-15(13)21)23-11-6-2-1-3-7-11;/h1-10H,(H3,21,22,23,24);1H. The van der Waals surface area contributed by atoms with Crippen LogP contribution >= 0.6 is 12.4 Å². The third-order valence-electron chi connectivity index (χ3n) is 3.37. The van der Waals surface area contributed by atoms with Gasteiger partial charge in [0.15, 0.2) is 0 Å². The average Bonchev–Trinajstić information content (AvgIpc) is 2.55. The summed E-state index contributed by atoms with van der Waals surface area (Å²) in [7, 11) is 0. The van der Waals surface area contributed by atoms with Crippen molar-refractivity contribution in [1.82, 2.24) is 9.97 Å². The molecule has 0 spiro atoms. The molecule has 0 aliphatic rings. The van der Waals surface area contributed by atoms with Crippen LogP contribution in [0.1, 0.15) is 5.56 Å². The third kappa shape index (κ3) is 4.19. The molecule has 0 bridgehead atoms.